The minimum atomic E-state index is 0.721. The van der Waals surface area contributed by atoms with Gasteiger partial charge in [-0.3, -0.25) is 0 Å². The van der Waals surface area contributed by atoms with Crippen molar-refractivity contribution in [3.8, 4) is 0 Å². The van der Waals surface area contributed by atoms with E-state index in [1.54, 1.807) is 0 Å². The molecule has 3 nitrogen and oxygen atoms in total. The van der Waals surface area contributed by atoms with Gasteiger partial charge in [0.15, 0.2) is 0 Å². The molecule has 0 atom stereocenters. The summed E-state index contributed by atoms with van der Waals surface area (Å²) >= 11 is 3.40. The topological polar surface area (TPSA) is 37.8 Å². The van der Waals surface area contributed by atoms with Crippen molar-refractivity contribution in [1.29, 1.82) is 0 Å². The summed E-state index contributed by atoms with van der Waals surface area (Å²) in [5.74, 6) is 2.52. The third kappa shape index (κ3) is 4.08. The zero-order chi connectivity index (χ0) is 12.0. The predicted octanol–water partition coefficient (Wildman–Crippen LogP) is 3.65. The molecule has 0 radical (unpaired) electrons. The van der Waals surface area contributed by atoms with Crippen LogP contribution in [0.1, 0.15) is 39.4 Å². The average molecular weight is 286 g/mol. The van der Waals surface area contributed by atoms with Gasteiger partial charge in [0.1, 0.15) is 16.2 Å². The van der Waals surface area contributed by atoms with Gasteiger partial charge >= 0.3 is 0 Å². The summed E-state index contributed by atoms with van der Waals surface area (Å²) in [6, 6.07) is 1.93. The lowest BCUT2D eigenvalue weighted by atomic mass is 10.0. The monoisotopic (exact) mass is 285 g/mol. The van der Waals surface area contributed by atoms with E-state index in [0.717, 1.165) is 35.1 Å². The fraction of sp³-hybridized carbons (Fsp3) is 0.667. The fourth-order valence-corrected chi connectivity index (χ4v) is 1.96. The van der Waals surface area contributed by atoms with Crippen molar-refractivity contribution in [2.75, 3.05) is 11.9 Å². The van der Waals surface area contributed by atoms with E-state index in [2.05, 4.69) is 52.0 Å². The summed E-state index contributed by atoms with van der Waals surface area (Å²) in [5, 5.41) is 3.38. The lowest BCUT2D eigenvalue weighted by Gasteiger charge is -2.14. The van der Waals surface area contributed by atoms with Gasteiger partial charge in [0.05, 0.1) is 0 Å². The van der Waals surface area contributed by atoms with Crippen molar-refractivity contribution < 1.29 is 0 Å². The van der Waals surface area contributed by atoms with Gasteiger partial charge in [0.2, 0.25) is 0 Å². The molecule has 0 saturated carbocycles. The molecular weight excluding hydrogens is 266 g/mol. The number of rotatable bonds is 6. The standard InChI is InChI=1S/C12H20BrN3/c1-4-9(5-2)8-14-12-7-10(13)15-11(6-3)16-12/h7,9H,4-6,8H2,1-3H3,(H,14,15,16). The van der Waals surface area contributed by atoms with Crippen LogP contribution in [-0.2, 0) is 6.42 Å². The summed E-state index contributed by atoms with van der Waals surface area (Å²) in [6.45, 7) is 7.50. The van der Waals surface area contributed by atoms with Crippen LogP contribution in [0.15, 0.2) is 10.7 Å². The van der Waals surface area contributed by atoms with Crippen LogP contribution < -0.4 is 5.32 Å². The molecule has 0 aliphatic carbocycles. The Morgan fingerprint density at radius 3 is 2.50 bits per heavy atom. The molecule has 1 aromatic rings. The first-order valence-corrected chi connectivity index (χ1v) is 6.76. The molecule has 0 fully saturated rings. The smallest absolute Gasteiger partial charge is 0.131 e. The summed E-state index contributed by atoms with van der Waals surface area (Å²) in [4.78, 5) is 8.73. The Morgan fingerprint density at radius 2 is 1.94 bits per heavy atom. The molecule has 90 valence electrons. The molecule has 0 aliphatic heterocycles. The van der Waals surface area contributed by atoms with Crippen LogP contribution in [-0.4, -0.2) is 16.5 Å². The number of nitrogens with zero attached hydrogens (tertiary/aromatic N) is 2. The molecule has 0 spiro atoms. The van der Waals surface area contributed by atoms with Crippen LogP contribution in [0.3, 0.4) is 0 Å². The third-order valence-corrected chi connectivity index (χ3v) is 3.19. The van der Waals surface area contributed by atoms with Gasteiger partial charge in [-0.25, -0.2) is 9.97 Å². The molecule has 1 rings (SSSR count). The maximum atomic E-state index is 4.44. The van der Waals surface area contributed by atoms with Gasteiger partial charge in [-0.1, -0.05) is 33.6 Å². The number of hydrogen-bond acceptors (Lipinski definition) is 3. The van der Waals surface area contributed by atoms with Crippen molar-refractivity contribution in [2.45, 2.75) is 40.0 Å². The molecule has 1 aromatic heterocycles. The first kappa shape index (κ1) is 13.4. The quantitative estimate of drug-likeness (QED) is 0.811. The maximum Gasteiger partial charge on any atom is 0.131 e. The third-order valence-electron chi connectivity index (χ3n) is 2.78. The summed E-state index contributed by atoms with van der Waals surface area (Å²) in [6.07, 6.45) is 3.27. The lowest BCUT2D eigenvalue weighted by molar-refractivity contribution is 0.518. The fourth-order valence-electron chi connectivity index (χ4n) is 1.54. The van der Waals surface area contributed by atoms with Gasteiger partial charge in [-0.05, 0) is 21.8 Å². The van der Waals surface area contributed by atoms with E-state index < -0.39 is 0 Å². The Balaban J connectivity index is 2.62. The van der Waals surface area contributed by atoms with Gasteiger partial charge in [0, 0.05) is 19.0 Å². The van der Waals surface area contributed by atoms with Crippen molar-refractivity contribution in [3.63, 3.8) is 0 Å². The van der Waals surface area contributed by atoms with E-state index >= 15 is 0 Å². The van der Waals surface area contributed by atoms with Crippen molar-refractivity contribution in [3.05, 3.63) is 16.5 Å². The van der Waals surface area contributed by atoms with Crippen LogP contribution >= 0.6 is 15.9 Å². The van der Waals surface area contributed by atoms with Crippen LogP contribution in [0.2, 0.25) is 0 Å². The number of hydrogen-bond donors (Lipinski definition) is 1. The van der Waals surface area contributed by atoms with Crippen molar-refractivity contribution in [2.24, 2.45) is 5.92 Å². The van der Waals surface area contributed by atoms with Crippen LogP contribution in [0.4, 0.5) is 5.82 Å². The number of aromatic nitrogens is 2. The Kier molecular flexibility index (Phi) is 5.74. The summed E-state index contributed by atoms with van der Waals surface area (Å²) < 4.78 is 0.853. The molecule has 4 heteroatoms. The molecule has 1 heterocycles. The van der Waals surface area contributed by atoms with Crippen LogP contribution in [0.5, 0.6) is 0 Å². The van der Waals surface area contributed by atoms with E-state index in [4.69, 9.17) is 0 Å². The minimum Gasteiger partial charge on any atom is -0.370 e. The number of nitrogens with one attached hydrogen (secondary N) is 1. The van der Waals surface area contributed by atoms with Gasteiger partial charge in [-0.2, -0.15) is 0 Å². The Labute approximate surface area is 106 Å². The summed E-state index contributed by atoms with van der Waals surface area (Å²) in [7, 11) is 0. The first-order valence-electron chi connectivity index (χ1n) is 5.96. The minimum absolute atomic E-state index is 0.721. The lowest BCUT2D eigenvalue weighted by Crippen LogP contribution is -2.14. The van der Waals surface area contributed by atoms with Crippen LogP contribution in [0, 0.1) is 5.92 Å². The zero-order valence-electron chi connectivity index (χ0n) is 10.3. The van der Waals surface area contributed by atoms with Crippen molar-refractivity contribution in [1.82, 2.24) is 9.97 Å². The normalized spacial score (nSPS) is 10.8. The highest BCUT2D eigenvalue weighted by atomic mass is 79.9. The second-order valence-electron chi connectivity index (χ2n) is 3.91. The van der Waals surface area contributed by atoms with E-state index in [-0.39, 0.29) is 0 Å². The molecule has 0 bridgehead atoms. The highest BCUT2D eigenvalue weighted by molar-refractivity contribution is 9.10. The van der Waals surface area contributed by atoms with E-state index in [0.29, 0.717) is 0 Å². The Morgan fingerprint density at radius 1 is 1.25 bits per heavy atom. The number of anilines is 1. The van der Waals surface area contributed by atoms with Gasteiger partial charge < -0.3 is 5.32 Å². The van der Waals surface area contributed by atoms with E-state index in [9.17, 15) is 0 Å². The maximum absolute atomic E-state index is 4.44. The second kappa shape index (κ2) is 6.84. The first-order chi connectivity index (χ1) is 7.69. The molecule has 0 saturated heterocycles. The largest absolute Gasteiger partial charge is 0.370 e. The number of aryl methyl sites for hydroxylation is 1. The van der Waals surface area contributed by atoms with E-state index in [1.165, 1.54) is 12.8 Å². The van der Waals surface area contributed by atoms with E-state index in [1.807, 2.05) is 6.07 Å². The Bertz CT molecular complexity index is 324. The van der Waals surface area contributed by atoms with Gasteiger partial charge in [0.25, 0.3) is 0 Å². The second-order valence-corrected chi connectivity index (χ2v) is 4.72. The SMILES string of the molecule is CCc1nc(Br)cc(NCC(CC)CC)n1. The molecule has 0 aromatic carbocycles. The highest BCUT2D eigenvalue weighted by Crippen LogP contribution is 2.14. The Hall–Kier alpha value is -0.640. The predicted molar refractivity (Wildman–Crippen MR) is 71.7 cm³/mol. The number of halogens is 1. The average Bonchev–Trinajstić information content (AvgIpc) is 2.29. The molecule has 16 heavy (non-hydrogen) atoms. The zero-order valence-corrected chi connectivity index (χ0v) is 11.8. The van der Waals surface area contributed by atoms with Crippen LogP contribution in [0.25, 0.3) is 0 Å². The highest BCUT2D eigenvalue weighted by Gasteiger charge is 2.05. The molecule has 0 aliphatic rings. The van der Waals surface area contributed by atoms with Crippen molar-refractivity contribution >= 4 is 21.7 Å². The molecular formula is C12H20BrN3. The molecule has 0 unspecified atom stereocenters. The summed E-state index contributed by atoms with van der Waals surface area (Å²) in [5.41, 5.74) is 0. The van der Waals surface area contributed by atoms with Gasteiger partial charge in [-0.15, -0.1) is 0 Å². The molecule has 1 N–H and O–H groups in total. The molecule has 0 amide bonds.